The number of amides is 1. The van der Waals surface area contributed by atoms with Crippen LogP contribution in [0.2, 0.25) is 0 Å². The van der Waals surface area contributed by atoms with Crippen molar-refractivity contribution >= 4 is 21.9 Å². The summed E-state index contributed by atoms with van der Waals surface area (Å²) in [6.07, 6.45) is -0.211. The van der Waals surface area contributed by atoms with Crippen molar-refractivity contribution in [2.24, 2.45) is 7.05 Å². The first kappa shape index (κ1) is 17.1. The van der Waals surface area contributed by atoms with Gasteiger partial charge in [-0.15, -0.1) is 0 Å². The number of aliphatic hydroxyl groups excluding tert-OH is 1. The SMILES string of the molecule is CNS(=O)(=O)c1cc(C(=O)NCC(O)C(=O)OC)n(C)c1. The molecule has 1 atom stereocenters. The summed E-state index contributed by atoms with van der Waals surface area (Å²) in [7, 11) is 0.213. The Bertz CT molecular complexity index is 636. The quantitative estimate of drug-likeness (QED) is 0.531. The number of carbonyl (C=O) groups excluding carboxylic acids is 2. The molecule has 1 amide bonds. The van der Waals surface area contributed by atoms with Gasteiger partial charge in [-0.05, 0) is 13.1 Å². The molecule has 1 rings (SSSR count). The molecule has 1 aromatic heterocycles. The predicted molar refractivity (Wildman–Crippen MR) is 72.0 cm³/mol. The highest BCUT2D eigenvalue weighted by Crippen LogP contribution is 2.12. The highest BCUT2D eigenvalue weighted by Gasteiger charge is 2.21. The zero-order chi connectivity index (χ0) is 16.2. The molecular weight excluding hydrogens is 302 g/mol. The molecule has 0 aliphatic heterocycles. The molecule has 1 heterocycles. The van der Waals surface area contributed by atoms with Crippen LogP contribution in [0.4, 0.5) is 0 Å². The molecule has 0 radical (unpaired) electrons. The van der Waals surface area contributed by atoms with Gasteiger partial charge >= 0.3 is 5.97 Å². The highest BCUT2D eigenvalue weighted by molar-refractivity contribution is 7.89. The number of aliphatic hydroxyl groups is 1. The lowest BCUT2D eigenvalue weighted by atomic mass is 10.3. The topological polar surface area (TPSA) is 127 Å². The molecule has 21 heavy (non-hydrogen) atoms. The maximum atomic E-state index is 11.9. The molecule has 0 aromatic carbocycles. The van der Waals surface area contributed by atoms with Crippen LogP contribution in [0.3, 0.4) is 0 Å². The van der Waals surface area contributed by atoms with Crippen molar-refractivity contribution in [3.05, 3.63) is 18.0 Å². The van der Waals surface area contributed by atoms with Crippen molar-refractivity contribution in [1.82, 2.24) is 14.6 Å². The summed E-state index contributed by atoms with van der Waals surface area (Å²) in [5.74, 6) is -1.50. The van der Waals surface area contributed by atoms with E-state index in [4.69, 9.17) is 0 Å². The number of hydrogen-bond donors (Lipinski definition) is 3. The van der Waals surface area contributed by atoms with Gasteiger partial charge in [0.1, 0.15) is 10.6 Å². The monoisotopic (exact) mass is 319 g/mol. The standard InChI is InChI=1S/C11H17N3O6S/c1-12-21(18,19)7-4-8(14(2)6-7)10(16)13-5-9(15)11(17)20-3/h4,6,9,12,15H,5H2,1-3H3,(H,13,16). The minimum atomic E-state index is -3.66. The van der Waals surface area contributed by atoms with Crippen molar-refractivity contribution in [3.63, 3.8) is 0 Å². The fourth-order valence-electron chi connectivity index (χ4n) is 1.52. The molecule has 0 saturated carbocycles. The zero-order valence-corrected chi connectivity index (χ0v) is 12.6. The molecule has 118 valence electrons. The van der Waals surface area contributed by atoms with Crippen molar-refractivity contribution in [2.75, 3.05) is 20.7 Å². The summed E-state index contributed by atoms with van der Waals surface area (Å²) in [6.45, 7) is -0.342. The molecule has 0 aliphatic rings. The maximum absolute atomic E-state index is 11.9. The number of rotatable bonds is 6. The van der Waals surface area contributed by atoms with E-state index in [1.807, 2.05) is 0 Å². The number of esters is 1. The molecular formula is C11H17N3O6S. The largest absolute Gasteiger partial charge is 0.467 e. The summed E-state index contributed by atoms with van der Waals surface area (Å²) in [4.78, 5) is 22.8. The van der Waals surface area contributed by atoms with Gasteiger partial charge in [-0.2, -0.15) is 0 Å². The molecule has 0 fully saturated rings. The van der Waals surface area contributed by atoms with Crippen molar-refractivity contribution in [1.29, 1.82) is 0 Å². The van der Waals surface area contributed by atoms with Crippen LogP contribution in [0.15, 0.2) is 17.2 Å². The Hall–Kier alpha value is -1.91. The number of nitrogens with zero attached hydrogens (tertiary/aromatic N) is 1. The molecule has 1 unspecified atom stereocenters. The molecule has 10 heteroatoms. The highest BCUT2D eigenvalue weighted by atomic mass is 32.2. The predicted octanol–water partition coefficient (Wildman–Crippen LogP) is -1.80. The van der Waals surface area contributed by atoms with Gasteiger partial charge in [0.2, 0.25) is 10.0 Å². The third-order valence-electron chi connectivity index (χ3n) is 2.72. The van der Waals surface area contributed by atoms with Crippen LogP contribution in [-0.4, -0.2) is 56.8 Å². The Kier molecular flexibility index (Phi) is 5.47. The molecule has 9 nitrogen and oxygen atoms in total. The van der Waals surface area contributed by atoms with Crippen LogP contribution in [-0.2, 0) is 26.6 Å². The Morgan fingerprint density at radius 2 is 2.10 bits per heavy atom. The first-order valence-corrected chi connectivity index (χ1v) is 7.35. The van der Waals surface area contributed by atoms with Gasteiger partial charge < -0.3 is 19.7 Å². The first-order chi connectivity index (χ1) is 9.72. The zero-order valence-electron chi connectivity index (χ0n) is 11.8. The van der Waals surface area contributed by atoms with Crippen LogP contribution < -0.4 is 10.0 Å². The van der Waals surface area contributed by atoms with Crippen molar-refractivity contribution in [2.45, 2.75) is 11.0 Å². The number of sulfonamides is 1. The van der Waals surface area contributed by atoms with Crippen LogP contribution in [0.25, 0.3) is 0 Å². The average molecular weight is 319 g/mol. The van der Waals surface area contributed by atoms with Gasteiger partial charge in [0.05, 0.1) is 13.7 Å². The van der Waals surface area contributed by atoms with E-state index in [1.165, 1.54) is 30.9 Å². The smallest absolute Gasteiger partial charge is 0.336 e. The van der Waals surface area contributed by atoms with Crippen molar-refractivity contribution in [3.8, 4) is 0 Å². The third kappa shape index (κ3) is 4.03. The van der Waals surface area contributed by atoms with Crippen LogP contribution >= 0.6 is 0 Å². The van der Waals surface area contributed by atoms with E-state index < -0.39 is 28.0 Å². The molecule has 0 spiro atoms. The second-order valence-corrected chi connectivity index (χ2v) is 6.02. The Morgan fingerprint density at radius 3 is 2.62 bits per heavy atom. The van der Waals surface area contributed by atoms with E-state index in [-0.39, 0.29) is 17.1 Å². The lowest BCUT2D eigenvalue weighted by molar-refractivity contribution is -0.149. The normalized spacial score (nSPS) is 12.8. The Labute approximate surface area is 121 Å². The molecule has 1 aromatic rings. The van der Waals surface area contributed by atoms with E-state index >= 15 is 0 Å². The minimum absolute atomic E-state index is 0.0637. The first-order valence-electron chi connectivity index (χ1n) is 5.87. The van der Waals surface area contributed by atoms with E-state index in [0.717, 1.165) is 7.11 Å². The number of aromatic nitrogens is 1. The van der Waals surface area contributed by atoms with E-state index in [0.29, 0.717) is 0 Å². The molecule has 0 bridgehead atoms. The van der Waals surface area contributed by atoms with E-state index in [9.17, 15) is 23.1 Å². The fraction of sp³-hybridized carbons (Fsp3) is 0.455. The second kappa shape index (κ2) is 6.70. The van der Waals surface area contributed by atoms with Gasteiger partial charge in [0, 0.05) is 13.2 Å². The van der Waals surface area contributed by atoms with Gasteiger partial charge in [-0.25, -0.2) is 17.9 Å². The minimum Gasteiger partial charge on any atom is -0.467 e. The van der Waals surface area contributed by atoms with Gasteiger partial charge in [0.25, 0.3) is 5.91 Å². The number of ether oxygens (including phenoxy) is 1. The van der Waals surface area contributed by atoms with Gasteiger partial charge in [0.15, 0.2) is 6.10 Å². The lowest BCUT2D eigenvalue weighted by Gasteiger charge is -2.09. The summed E-state index contributed by atoms with van der Waals surface area (Å²) in [5, 5.41) is 11.7. The number of carbonyl (C=O) groups is 2. The van der Waals surface area contributed by atoms with Crippen LogP contribution in [0, 0.1) is 0 Å². The Balaban J connectivity index is 2.83. The average Bonchev–Trinajstić information content (AvgIpc) is 2.86. The van der Waals surface area contributed by atoms with Crippen LogP contribution in [0.1, 0.15) is 10.5 Å². The number of hydrogen-bond acceptors (Lipinski definition) is 6. The second-order valence-electron chi connectivity index (χ2n) is 4.13. The maximum Gasteiger partial charge on any atom is 0.336 e. The number of nitrogens with one attached hydrogen (secondary N) is 2. The summed E-state index contributed by atoms with van der Waals surface area (Å²) in [6, 6.07) is 1.19. The van der Waals surface area contributed by atoms with Gasteiger partial charge in [-0.3, -0.25) is 4.79 Å². The molecule has 3 N–H and O–H groups in total. The number of methoxy groups -OCH3 is 1. The fourth-order valence-corrected chi connectivity index (χ4v) is 2.32. The van der Waals surface area contributed by atoms with Crippen LogP contribution in [0.5, 0.6) is 0 Å². The third-order valence-corrected chi connectivity index (χ3v) is 4.10. The summed E-state index contributed by atoms with van der Waals surface area (Å²) < 4.78 is 31.0. The van der Waals surface area contributed by atoms with E-state index in [1.54, 1.807) is 0 Å². The molecule has 0 aliphatic carbocycles. The lowest BCUT2D eigenvalue weighted by Crippen LogP contribution is -2.37. The molecule has 0 saturated heterocycles. The Morgan fingerprint density at radius 1 is 1.48 bits per heavy atom. The van der Waals surface area contributed by atoms with Gasteiger partial charge in [-0.1, -0.05) is 0 Å². The number of aryl methyl sites for hydroxylation is 1. The summed E-state index contributed by atoms with van der Waals surface area (Å²) >= 11 is 0. The van der Waals surface area contributed by atoms with E-state index in [2.05, 4.69) is 14.8 Å². The summed E-state index contributed by atoms with van der Waals surface area (Å²) in [5.41, 5.74) is 0.0703. The van der Waals surface area contributed by atoms with Crippen molar-refractivity contribution < 1.29 is 27.9 Å².